The van der Waals surface area contributed by atoms with Crippen molar-refractivity contribution in [2.45, 2.75) is 334 Å². The molecule has 0 aliphatic heterocycles. The normalized spacial score (nSPS) is 13.1. The predicted octanol–water partition coefficient (Wildman–Crippen LogP) is 16.7. The summed E-state index contributed by atoms with van der Waals surface area (Å²) in [5.74, 6) is -0.447. The standard InChI is InChI=1S/C55H109NO5/c1-4-7-10-13-16-19-22-24-26-27-28-29-32-34-37-40-43-46-51(61-55(60)48-45-42-39-36-33-30-25-23-20-17-14-11-8-5-2)49-54(59)56-52(50-57)53(58)47-44-41-38-35-31-21-18-15-12-9-6-3/h51-53,57-58H,4-50H2,1-3H3,(H,56,59). The summed E-state index contributed by atoms with van der Waals surface area (Å²) in [5.41, 5.74) is 0. The SMILES string of the molecule is CCCCCCCCCCCCCCCCCCCC(CC(=O)NC(CO)C(O)CCCCCCCCCCCCC)OC(=O)CCCCCCCCCCCCCCCC. The van der Waals surface area contributed by atoms with Gasteiger partial charge in [0.25, 0.3) is 0 Å². The van der Waals surface area contributed by atoms with Gasteiger partial charge in [0.05, 0.1) is 25.2 Å². The zero-order valence-corrected chi connectivity index (χ0v) is 41.6. The Hall–Kier alpha value is -1.14. The molecule has 3 atom stereocenters. The molecule has 0 aliphatic rings. The van der Waals surface area contributed by atoms with Crippen LogP contribution in [0.1, 0.15) is 316 Å². The van der Waals surface area contributed by atoms with E-state index in [0.29, 0.717) is 19.3 Å². The number of aliphatic hydroxyl groups excluding tert-OH is 2. The summed E-state index contributed by atoms with van der Waals surface area (Å²) in [7, 11) is 0. The van der Waals surface area contributed by atoms with Gasteiger partial charge in [0, 0.05) is 6.42 Å². The van der Waals surface area contributed by atoms with Gasteiger partial charge in [-0.05, 0) is 25.7 Å². The van der Waals surface area contributed by atoms with Crippen LogP contribution in [-0.4, -0.2) is 46.9 Å². The maximum atomic E-state index is 13.2. The van der Waals surface area contributed by atoms with Crippen molar-refractivity contribution < 1.29 is 24.5 Å². The number of unbranched alkanes of at least 4 members (excludes halogenated alkanes) is 39. The number of carbonyl (C=O) groups excluding carboxylic acids is 2. The molecule has 61 heavy (non-hydrogen) atoms. The molecule has 6 nitrogen and oxygen atoms in total. The third kappa shape index (κ3) is 45.2. The number of hydrogen-bond donors (Lipinski definition) is 3. The Bertz CT molecular complexity index is 882. The molecular weight excluding hydrogens is 755 g/mol. The lowest BCUT2D eigenvalue weighted by Gasteiger charge is -2.24. The van der Waals surface area contributed by atoms with E-state index in [0.717, 1.165) is 38.5 Å². The molecule has 3 unspecified atom stereocenters. The molecule has 3 N–H and O–H groups in total. The van der Waals surface area contributed by atoms with Crippen molar-refractivity contribution in [3.05, 3.63) is 0 Å². The highest BCUT2D eigenvalue weighted by molar-refractivity contribution is 5.77. The lowest BCUT2D eigenvalue weighted by atomic mass is 10.0. The number of nitrogens with one attached hydrogen (secondary N) is 1. The van der Waals surface area contributed by atoms with Gasteiger partial charge in [0.2, 0.25) is 5.91 Å². The molecule has 364 valence electrons. The molecule has 0 fully saturated rings. The molecule has 0 heterocycles. The van der Waals surface area contributed by atoms with Crippen LogP contribution < -0.4 is 5.32 Å². The molecule has 0 aromatic carbocycles. The van der Waals surface area contributed by atoms with Gasteiger partial charge in [-0.15, -0.1) is 0 Å². The highest BCUT2D eigenvalue weighted by Gasteiger charge is 2.24. The van der Waals surface area contributed by atoms with E-state index in [-0.39, 0.29) is 24.9 Å². The van der Waals surface area contributed by atoms with Crippen LogP contribution in [0.4, 0.5) is 0 Å². The first-order valence-electron chi connectivity index (χ1n) is 27.8. The fraction of sp³-hybridized carbons (Fsp3) is 0.964. The average molecular weight is 864 g/mol. The van der Waals surface area contributed by atoms with E-state index >= 15 is 0 Å². The first kappa shape index (κ1) is 59.9. The summed E-state index contributed by atoms with van der Waals surface area (Å²) in [5, 5.41) is 23.8. The van der Waals surface area contributed by atoms with Crippen molar-refractivity contribution in [2.24, 2.45) is 0 Å². The van der Waals surface area contributed by atoms with Crippen LogP contribution >= 0.6 is 0 Å². The van der Waals surface area contributed by atoms with E-state index in [1.807, 2.05) is 0 Å². The summed E-state index contributed by atoms with van der Waals surface area (Å²) < 4.78 is 5.96. The third-order valence-corrected chi connectivity index (χ3v) is 13.2. The van der Waals surface area contributed by atoms with Crippen LogP contribution in [0.2, 0.25) is 0 Å². The number of rotatable bonds is 51. The zero-order chi connectivity index (χ0) is 44.5. The average Bonchev–Trinajstić information content (AvgIpc) is 3.25. The summed E-state index contributed by atoms with van der Waals surface area (Å²) >= 11 is 0. The minimum absolute atomic E-state index is 0.0883. The van der Waals surface area contributed by atoms with Gasteiger partial charge >= 0.3 is 5.97 Å². The molecule has 0 spiro atoms. The maximum Gasteiger partial charge on any atom is 0.306 e. The van der Waals surface area contributed by atoms with E-state index in [4.69, 9.17) is 4.74 Å². The molecule has 0 aliphatic carbocycles. The zero-order valence-electron chi connectivity index (χ0n) is 41.6. The van der Waals surface area contributed by atoms with E-state index in [2.05, 4.69) is 26.1 Å². The third-order valence-electron chi connectivity index (χ3n) is 13.2. The molecule has 0 saturated carbocycles. The van der Waals surface area contributed by atoms with E-state index in [1.165, 1.54) is 231 Å². The fourth-order valence-corrected chi connectivity index (χ4v) is 8.96. The van der Waals surface area contributed by atoms with Crippen LogP contribution in [0.25, 0.3) is 0 Å². The Morgan fingerprint density at radius 2 is 0.689 bits per heavy atom. The Morgan fingerprint density at radius 1 is 0.410 bits per heavy atom. The van der Waals surface area contributed by atoms with Crippen molar-refractivity contribution in [3.63, 3.8) is 0 Å². The number of ether oxygens (including phenoxy) is 1. The quantitative estimate of drug-likeness (QED) is 0.0418. The molecule has 1 amide bonds. The van der Waals surface area contributed by atoms with Gasteiger partial charge in [-0.3, -0.25) is 9.59 Å². The van der Waals surface area contributed by atoms with Gasteiger partial charge in [0.15, 0.2) is 0 Å². The van der Waals surface area contributed by atoms with E-state index in [1.54, 1.807) is 0 Å². The summed E-state index contributed by atoms with van der Waals surface area (Å²) in [6, 6.07) is -0.692. The molecular formula is C55H109NO5. The number of esters is 1. The van der Waals surface area contributed by atoms with E-state index in [9.17, 15) is 19.8 Å². The second-order valence-corrected chi connectivity index (χ2v) is 19.4. The number of amides is 1. The van der Waals surface area contributed by atoms with Crippen molar-refractivity contribution >= 4 is 11.9 Å². The number of hydrogen-bond acceptors (Lipinski definition) is 5. The van der Waals surface area contributed by atoms with Crippen LogP contribution in [0, 0.1) is 0 Å². The smallest absolute Gasteiger partial charge is 0.306 e. The van der Waals surface area contributed by atoms with Gasteiger partial charge in [-0.2, -0.15) is 0 Å². The molecule has 0 radical (unpaired) electrons. The first-order valence-corrected chi connectivity index (χ1v) is 27.8. The largest absolute Gasteiger partial charge is 0.462 e. The summed E-state index contributed by atoms with van der Waals surface area (Å²) in [6.07, 6.45) is 54.5. The second-order valence-electron chi connectivity index (χ2n) is 19.4. The highest BCUT2D eigenvalue weighted by atomic mass is 16.5. The monoisotopic (exact) mass is 864 g/mol. The number of aliphatic hydroxyl groups is 2. The molecule has 0 aromatic rings. The lowest BCUT2D eigenvalue weighted by Crippen LogP contribution is -2.46. The van der Waals surface area contributed by atoms with Gasteiger partial charge in [-0.1, -0.05) is 278 Å². The number of carbonyl (C=O) groups is 2. The summed E-state index contributed by atoms with van der Waals surface area (Å²) in [6.45, 7) is 6.52. The van der Waals surface area contributed by atoms with Crippen molar-refractivity contribution in [3.8, 4) is 0 Å². The first-order chi connectivity index (χ1) is 30.0. The van der Waals surface area contributed by atoms with Gasteiger partial charge in [-0.25, -0.2) is 0 Å². The lowest BCUT2D eigenvalue weighted by molar-refractivity contribution is -0.151. The Labute approximate surface area is 381 Å². The van der Waals surface area contributed by atoms with Gasteiger partial charge < -0.3 is 20.3 Å². The molecule has 6 heteroatoms. The Balaban J connectivity index is 4.50. The van der Waals surface area contributed by atoms with Crippen LogP contribution in [-0.2, 0) is 14.3 Å². The Morgan fingerprint density at radius 3 is 1.00 bits per heavy atom. The fourth-order valence-electron chi connectivity index (χ4n) is 8.96. The highest BCUT2D eigenvalue weighted by Crippen LogP contribution is 2.19. The maximum absolute atomic E-state index is 13.2. The molecule has 0 rings (SSSR count). The van der Waals surface area contributed by atoms with Crippen molar-refractivity contribution in [1.29, 1.82) is 0 Å². The van der Waals surface area contributed by atoms with Gasteiger partial charge in [0.1, 0.15) is 6.10 Å². The van der Waals surface area contributed by atoms with Crippen LogP contribution in [0.15, 0.2) is 0 Å². The van der Waals surface area contributed by atoms with Crippen LogP contribution in [0.3, 0.4) is 0 Å². The topological polar surface area (TPSA) is 95.9 Å². The Kier molecular flexibility index (Phi) is 48.9. The molecule has 0 aromatic heterocycles. The van der Waals surface area contributed by atoms with Crippen LogP contribution in [0.5, 0.6) is 0 Å². The second kappa shape index (κ2) is 49.9. The van der Waals surface area contributed by atoms with Crippen molar-refractivity contribution in [1.82, 2.24) is 5.32 Å². The van der Waals surface area contributed by atoms with Crippen molar-refractivity contribution in [2.75, 3.05) is 6.61 Å². The summed E-state index contributed by atoms with van der Waals surface area (Å²) in [4.78, 5) is 26.2. The molecule has 0 bridgehead atoms. The minimum Gasteiger partial charge on any atom is -0.462 e. The van der Waals surface area contributed by atoms with E-state index < -0.39 is 18.2 Å². The predicted molar refractivity (Wildman–Crippen MR) is 264 cm³/mol. The minimum atomic E-state index is -0.779. The molecule has 0 saturated heterocycles.